The van der Waals surface area contributed by atoms with E-state index < -0.39 is 5.92 Å². The van der Waals surface area contributed by atoms with Gasteiger partial charge in [0.25, 0.3) is 5.56 Å². The second-order valence-electron chi connectivity index (χ2n) is 7.39. The van der Waals surface area contributed by atoms with Crippen LogP contribution in [0.5, 0.6) is 0 Å². The van der Waals surface area contributed by atoms with Crippen molar-refractivity contribution in [3.05, 3.63) is 52.7 Å². The maximum absolute atomic E-state index is 13.4. The van der Waals surface area contributed by atoms with Crippen LogP contribution in [0.1, 0.15) is 31.2 Å². The quantitative estimate of drug-likeness (QED) is 0.756. The van der Waals surface area contributed by atoms with E-state index in [2.05, 4.69) is 10.3 Å². The van der Waals surface area contributed by atoms with Gasteiger partial charge in [0.1, 0.15) is 11.5 Å². The van der Waals surface area contributed by atoms with Crippen LogP contribution < -0.4 is 10.9 Å². The van der Waals surface area contributed by atoms with Crippen molar-refractivity contribution in [2.24, 2.45) is 7.05 Å². The highest BCUT2D eigenvalue weighted by Crippen LogP contribution is 2.34. The van der Waals surface area contributed by atoms with Gasteiger partial charge in [0.2, 0.25) is 5.92 Å². The summed E-state index contributed by atoms with van der Waals surface area (Å²) in [5.74, 6) is -1.74. The first-order valence-corrected chi connectivity index (χ1v) is 9.11. The molecule has 3 aromatic heterocycles. The molecular weight excluding hydrogens is 350 g/mol. The molecule has 0 aliphatic heterocycles. The Morgan fingerprint density at radius 1 is 1.19 bits per heavy atom. The smallest absolute Gasteiger partial charge is 0.253 e. The number of imidazole rings is 1. The number of pyridine rings is 2. The zero-order valence-electron chi connectivity index (χ0n) is 15.4. The molecule has 0 bridgehead atoms. The Balaban J connectivity index is 1.65. The van der Waals surface area contributed by atoms with Crippen molar-refractivity contribution < 1.29 is 8.78 Å². The third kappa shape index (κ3) is 3.46. The van der Waals surface area contributed by atoms with Crippen molar-refractivity contribution >= 4 is 11.5 Å². The zero-order valence-corrected chi connectivity index (χ0v) is 15.4. The maximum Gasteiger partial charge on any atom is 0.253 e. The number of hydrogen-bond donors (Lipinski definition) is 1. The predicted octanol–water partition coefficient (Wildman–Crippen LogP) is 4.00. The average molecular weight is 372 g/mol. The van der Waals surface area contributed by atoms with Crippen LogP contribution in [0.4, 0.5) is 14.6 Å². The van der Waals surface area contributed by atoms with Crippen molar-refractivity contribution in [3.63, 3.8) is 0 Å². The minimum atomic E-state index is -2.54. The monoisotopic (exact) mass is 372 g/mol. The lowest BCUT2D eigenvalue weighted by atomic mass is 9.92. The van der Waals surface area contributed by atoms with Gasteiger partial charge in [-0.3, -0.25) is 9.20 Å². The van der Waals surface area contributed by atoms with Gasteiger partial charge in [-0.15, -0.1) is 0 Å². The number of nitrogens with one attached hydrogen (secondary N) is 1. The number of hydrogen-bond acceptors (Lipinski definition) is 3. The maximum atomic E-state index is 13.4. The van der Waals surface area contributed by atoms with Crippen LogP contribution in [0.15, 0.2) is 41.6 Å². The lowest BCUT2D eigenvalue weighted by molar-refractivity contribution is -0.0361. The molecule has 7 heteroatoms. The number of nitrogens with zero attached hydrogens (tertiary/aromatic N) is 3. The van der Waals surface area contributed by atoms with Crippen LogP contribution in [0.3, 0.4) is 0 Å². The van der Waals surface area contributed by atoms with E-state index in [0.717, 1.165) is 22.6 Å². The van der Waals surface area contributed by atoms with Gasteiger partial charge < -0.3 is 9.88 Å². The van der Waals surface area contributed by atoms with Gasteiger partial charge in [-0.2, -0.15) is 0 Å². The highest BCUT2D eigenvalue weighted by Gasteiger charge is 2.35. The van der Waals surface area contributed by atoms with Gasteiger partial charge in [0.15, 0.2) is 0 Å². The Bertz CT molecular complexity index is 1020. The Kier molecular flexibility index (Phi) is 4.25. The SMILES string of the molecule is Cc1cc(-c2ccc3ncc(NC4CCC(F)(F)CC4)n3c2)cn(C)c1=O. The summed E-state index contributed by atoms with van der Waals surface area (Å²) in [5, 5.41) is 3.36. The second-order valence-corrected chi connectivity index (χ2v) is 7.39. The molecule has 0 spiro atoms. The molecule has 3 heterocycles. The molecule has 0 radical (unpaired) electrons. The topological polar surface area (TPSA) is 51.3 Å². The molecule has 1 fully saturated rings. The van der Waals surface area contributed by atoms with Crippen LogP contribution in [-0.4, -0.2) is 25.9 Å². The van der Waals surface area contributed by atoms with E-state index in [-0.39, 0.29) is 24.4 Å². The number of alkyl halides is 2. The summed E-state index contributed by atoms with van der Waals surface area (Å²) in [6, 6.07) is 5.77. The van der Waals surface area contributed by atoms with Gasteiger partial charge >= 0.3 is 0 Å². The molecule has 0 saturated heterocycles. The Hall–Kier alpha value is -2.70. The number of aromatic nitrogens is 3. The number of halogens is 2. The predicted molar refractivity (Wildman–Crippen MR) is 101 cm³/mol. The molecule has 1 saturated carbocycles. The van der Waals surface area contributed by atoms with Gasteiger partial charge in [-0.05, 0) is 43.5 Å². The van der Waals surface area contributed by atoms with E-state index >= 15 is 0 Å². The van der Waals surface area contributed by atoms with Crippen LogP contribution in [-0.2, 0) is 7.05 Å². The molecular formula is C20H22F2N4O. The minimum Gasteiger partial charge on any atom is -0.367 e. The Morgan fingerprint density at radius 2 is 1.93 bits per heavy atom. The van der Waals surface area contributed by atoms with E-state index in [0.29, 0.717) is 18.4 Å². The molecule has 0 atom stereocenters. The Morgan fingerprint density at radius 3 is 2.63 bits per heavy atom. The molecule has 0 amide bonds. The fourth-order valence-electron chi connectivity index (χ4n) is 3.69. The summed E-state index contributed by atoms with van der Waals surface area (Å²) < 4.78 is 30.3. The average Bonchev–Trinajstić information content (AvgIpc) is 3.03. The molecule has 0 aromatic carbocycles. The van der Waals surface area contributed by atoms with Gasteiger partial charge in [-0.1, -0.05) is 0 Å². The largest absolute Gasteiger partial charge is 0.367 e. The molecule has 27 heavy (non-hydrogen) atoms. The number of fused-ring (bicyclic) bond motifs is 1. The lowest BCUT2D eigenvalue weighted by Crippen LogP contribution is -2.32. The number of aryl methyl sites for hydroxylation is 2. The molecule has 142 valence electrons. The van der Waals surface area contributed by atoms with Gasteiger partial charge in [0, 0.05) is 49.5 Å². The highest BCUT2D eigenvalue weighted by atomic mass is 19.3. The van der Waals surface area contributed by atoms with E-state index in [1.54, 1.807) is 24.7 Å². The number of rotatable bonds is 3. The van der Waals surface area contributed by atoms with E-state index in [9.17, 15) is 13.6 Å². The minimum absolute atomic E-state index is 0.0149. The molecule has 4 rings (SSSR count). The molecule has 1 aliphatic rings. The van der Waals surface area contributed by atoms with Crippen LogP contribution >= 0.6 is 0 Å². The standard InChI is InChI=1S/C20H22F2N4O/c1-13-9-15(11-25(2)19(13)27)14-3-4-17-23-10-18(26(17)12-14)24-16-5-7-20(21,22)8-6-16/h3-4,9-12,16,24H,5-8H2,1-2H3. The van der Waals surface area contributed by atoms with E-state index in [4.69, 9.17) is 0 Å². The fourth-order valence-corrected chi connectivity index (χ4v) is 3.69. The van der Waals surface area contributed by atoms with Crippen molar-refractivity contribution in [3.8, 4) is 11.1 Å². The van der Waals surface area contributed by atoms with Crippen molar-refractivity contribution in [2.45, 2.75) is 44.6 Å². The van der Waals surface area contributed by atoms with Crippen LogP contribution in [0, 0.1) is 6.92 Å². The first-order valence-electron chi connectivity index (χ1n) is 9.11. The van der Waals surface area contributed by atoms with Gasteiger partial charge in [-0.25, -0.2) is 13.8 Å². The summed E-state index contributed by atoms with van der Waals surface area (Å²) in [6.45, 7) is 1.80. The summed E-state index contributed by atoms with van der Waals surface area (Å²) in [4.78, 5) is 16.3. The summed E-state index contributed by atoms with van der Waals surface area (Å²) in [6.07, 6.45) is 6.23. The first-order chi connectivity index (χ1) is 12.8. The zero-order chi connectivity index (χ0) is 19.2. The second kappa shape index (κ2) is 6.48. The highest BCUT2D eigenvalue weighted by molar-refractivity contribution is 5.66. The van der Waals surface area contributed by atoms with Gasteiger partial charge in [0.05, 0.1) is 6.20 Å². The Labute approximate surface area is 155 Å². The summed E-state index contributed by atoms with van der Waals surface area (Å²) >= 11 is 0. The third-order valence-corrected chi connectivity index (χ3v) is 5.27. The lowest BCUT2D eigenvalue weighted by Gasteiger charge is -2.29. The first kappa shape index (κ1) is 17.7. The summed E-state index contributed by atoms with van der Waals surface area (Å²) in [5.41, 5.74) is 3.34. The van der Waals surface area contributed by atoms with Crippen LogP contribution in [0.25, 0.3) is 16.8 Å². The van der Waals surface area contributed by atoms with Crippen LogP contribution in [0.2, 0.25) is 0 Å². The van der Waals surface area contributed by atoms with E-state index in [1.165, 1.54) is 0 Å². The molecule has 1 aliphatic carbocycles. The van der Waals surface area contributed by atoms with Crippen molar-refractivity contribution in [1.29, 1.82) is 0 Å². The normalized spacial score (nSPS) is 17.3. The molecule has 0 unspecified atom stereocenters. The number of anilines is 1. The third-order valence-electron chi connectivity index (χ3n) is 5.27. The van der Waals surface area contributed by atoms with Crippen molar-refractivity contribution in [1.82, 2.24) is 14.0 Å². The molecule has 1 N–H and O–H groups in total. The molecule has 5 nitrogen and oxygen atoms in total. The van der Waals surface area contributed by atoms with Crippen molar-refractivity contribution in [2.75, 3.05) is 5.32 Å². The van der Waals surface area contributed by atoms with E-state index in [1.807, 2.05) is 35.0 Å². The fraction of sp³-hybridized carbons (Fsp3) is 0.400. The summed E-state index contributed by atoms with van der Waals surface area (Å²) in [7, 11) is 1.74. The molecule has 3 aromatic rings.